The molecule has 202 valence electrons. The van der Waals surface area contributed by atoms with E-state index in [0.29, 0.717) is 0 Å². The molecule has 0 saturated carbocycles. The van der Waals surface area contributed by atoms with Crippen LogP contribution in [0.5, 0.6) is 0 Å². The summed E-state index contributed by atoms with van der Waals surface area (Å²) in [5.74, 6) is 0. The van der Waals surface area contributed by atoms with Gasteiger partial charge in [0.25, 0.3) is 0 Å². The SMILES string of the molecule is C/C=C\C(=C/C)c1ccc(Nc2ccc(-c3ccc(C)cc3)cc2)cc1.CC.c1ccc(-c2ccccc2)cc1. The van der Waals surface area contributed by atoms with Crippen molar-refractivity contribution in [3.8, 4) is 22.3 Å². The van der Waals surface area contributed by atoms with Gasteiger partial charge in [-0.05, 0) is 78.4 Å². The summed E-state index contributed by atoms with van der Waals surface area (Å²) in [7, 11) is 0. The van der Waals surface area contributed by atoms with Crippen LogP contribution in [0.3, 0.4) is 0 Å². The molecule has 0 spiro atoms. The maximum atomic E-state index is 3.47. The molecule has 0 fully saturated rings. The van der Waals surface area contributed by atoms with E-state index in [1.54, 1.807) is 0 Å². The normalized spacial score (nSPS) is 10.7. The van der Waals surface area contributed by atoms with Crippen molar-refractivity contribution in [2.45, 2.75) is 34.6 Å². The second kappa shape index (κ2) is 16.4. The quantitative estimate of drug-likeness (QED) is 0.218. The molecule has 0 saturated heterocycles. The zero-order valence-electron chi connectivity index (χ0n) is 24.4. The molecule has 0 aromatic heterocycles. The summed E-state index contributed by atoms with van der Waals surface area (Å²) in [6.45, 7) is 10.2. The lowest BCUT2D eigenvalue weighted by Crippen LogP contribution is -1.91. The first-order chi connectivity index (χ1) is 19.7. The summed E-state index contributed by atoms with van der Waals surface area (Å²) in [5, 5.41) is 3.47. The second-order valence-corrected chi connectivity index (χ2v) is 9.12. The number of benzene rings is 5. The first-order valence-corrected chi connectivity index (χ1v) is 14.1. The lowest BCUT2D eigenvalue weighted by Gasteiger charge is -2.09. The zero-order chi connectivity index (χ0) is 28.6. The highest BCUT2D eigenvalue weighted by Crippen LogP contribution is 2.25. The van der Waals surface area contributed by atoms with Gasteiger partial charge < -0.3 is 5.32 Å². The summed E-state index contributed by atoms with van der Waals surface area (Å²) < 4.78 is 0. The van der Waals surface area contributed by atoms with Gasteiger partial charge in [0.15, 0.2) is 0 Å². The van der Waals surface area contributed by atoms with E-state index in [4.69, 9.17) is 0 Å². The van der Waals surface area contributed by atoms with Crippen LogP contribution < -0.4 is 5.32 Å². The van der Waals surface area contributed by atoms with Crippen LogP contribution >= 0.6 is 0 Å². The number of aryl methyl sites for hydroxylation is 1. The van der Waals surface area contributed by atoms with E-state index >= 15 is 0 Å². The van der Waals surface area contributed by atoms with Crippen molar-refractivity contribution in [3.63, 3.8) is 0 Å². The van der Waals surface area contributed by atoms with Gasteiger partial charge in [-0.3, -0.25) is 0 Å². The van der Waals surface area contributed by atoms with E-state index in [0.717, 1.165) is 11.4 Å². The molecule has 5 aromatic carbocycles. The predicted molar refractivity (Wildman–Crippen MR) is 178 cm³/mol. The minimum Gasteiger partial charge on any atom is -0.356 e. The van der Waals surface area contributed by atoms with Crippen LogP contribution in [-0.2, 0) is 0 Å². The number of rotatable bonds is 6. The molecule has 1 heteroatoms. The van der Waals surface area contributed by atoms with Crippen molar-refractivity contribution in [1.82, 2.24) is 0 Å². The van der Waals surface area contributed by atoms with E-state index in [-0.39, 0.29) is 0 Å². The van der Waals surface area contributed by atoms with Gasteiger partial charge in [0.1, 0.15) is 0 Å². The summed E-state index contributed by atoms with van der Waals surface area (Å²) in [5.41, 5.74) is 11.0. The van der Waals surface area contributed by atoms with Gasteiger partial charge in [0.2, 0.25) is 0 Å². The van der Waals surface area contributed by atoms with Gasteiger partial charge in [0, 0.05) is 11.4 Å². The molecule has 0 aliphatic rings. The maximum absolute atomic E-state index is 3.47. The zero-order valence-corrected chi connectivity index (χ0v) is 24.4. The highest BCUT2D eigenvalue weighted by atomic mass is 14.9. The van der Waals surface area contributed by atoms with Crippen LogP contribution in [0.1, 0.15) is 38.8 Å². The fraction of sp³-hybridized carbons (Fsp3) is 0.128. The van der Waals surface area contributed by atoms with Crippen molar-refractivity contribution in [1.29, 1.82) is 0 Å². The van der Waals surface area contributed by atoms with Crippen LogP contribution in [0.15, 0.2) is 152 Å². The monoisotopic (exact) mass is 523 g/mol. The molecule has 1 nitrogen and oxygen atoms in total. The molecule has 0 aliphatic heterocycles. The second-order valence-electron chi connectivity index (χ2n) is 9.12. The maximum Gasteiger partial charge on any atom is 0.0384 e. The van der Waals surface area contributed by atoms with Crippen LogP contribution in [0.2, 0.25) is 0 Å². The van der Waals surface area contributed by atoms with E-state index in [2.05, 4.69) is 159 Å². The standard InChI is InChI=1S/C25H25N.C12H10.C2H6/c1-4-6-20(5-2)21-11-15-24(16-12-21)26-25-17-13-23(14-18-25)22-9-7-19(3)8-10-22;1-3-7-11(8-4-1)12-9-5-2-6-10-12;1-2/h4-18,26H,1-3H3;1-10H;1-2H3/b6-4-,20-5+;;. The fourth-order valence-electron chi connectivity index (χ4n) is 4.20. The molecule has 1 N–H and O–H groups in total. The van der Waals surface area contributed by atoms with Crippen LogP contribution in [0, 0.1) is 6.92 Å². The molecule has 40 heavy (non-hydrogen) atoms. The minimum absolute atomic E-state index is 1.09. The Labute approximate surface area is 241 Å². The van der Waals surface area contributed by atoms with Gasteiger partial charge in [-0.1, -0.05) is 147 Å². The Morgan fingerprint density at radius 3 is 1.32 bits per heavy atom. The first kappa shape index (κ1) is 29.9. The van der Waals surface area contributed by atoms with E-state index in [1.165, 1.54) is 39.0 Å². The summed E-state index contributed by atoms with van der Waals surface area (Å²) in [6.07, 6.45) is 6.33. The highest BCUT2D eigenvalue weighted by molar-refractivity contribution is 5.75. The Kier molecular flexibility index (Phi) is 12.2. The van der Waals surface area contributed by atoms with Crippen LogP contribution in [-0.4, -0.2) is 0 Å². The third kappa shape index (κ3) is 8.99. The van der Waals surface area contributed by atoms with Gasteiger partial charge >= 0.3 is 0 Å². The minimum atomic E-state index is 1.09. The van der Waals surface area contributed by atoms with Gasteiger partial charge in [-0.25, -0.2) is 0 Å². The Morgan fingerprint density at radius 1 is 0.500 bits per heavy atom. The van der Waals surface area contributed by atoms with E-state index < -0.39 is 0 Å². The smallest absolute Gasteiger partial charge is 0.0384 e. The van der Waals surface area contributed by atoms with Crippen molar-refractivity contribution in [3.05, 3.63) is 163 Å². The van der Waals surface area contributed by atoms with Gasteiger partial charge in [-0.2, -0.15) is 0 Å². The molecule has 0 radical (unpaired) electrons. The Balaban J connectivity index is 0.000000262. The number of nitrogens with one attached hydrogen (secondary N) is 1. The largest absolute Gasteiger partial charge is 0.356 e. The molecule has 0 bridgehead atoms. The molecule has 0 unspecified atom stereocenters. The molecule has 0 aliphatic carbocycles. The number of anilines is 2. The highest BCUT2D eigenvalue weighted by Gasteiger charge is 2.01. The Bertz CT molecular complexity index is 1410. The van der Waals surface area contributed by atoms with Gasteiger partial charge in [-0.15, -0.1) is 0 Å². The average Bonchev–Trinajstić information content (AvgIpc) is 3.03. The van der Waals surface area contributed by atoms with Crippen molar-refractivity contribution in [2.24, 2.45) is 0 Å². The fourth-order valence-corrected chi connectivity index (χ4v) is 4.20. The molecular formula is C39H41N. The van der Waals surface area contributed by atoms with Crippen molar-refractivity contribution >= 4 is 16.9 Å². The third-order valence-electron chi connectivity index (χ3n) is 6.31. The molecular weight excluding hydrogens is 482 g/mol. The first-order valence-electron chi connectivity index (χ1n) is 14.1. The average molecular weight is 524 g/mol. The summed E-state index contributed by atoms with van der Waals surface area (Å²) in [4.78, 5) is 0. The molecule has 5 aromatic rings. The number of hydrogen-bond donors (Lipinski definition) is 1. The summed E-state index contributed by atoms with van der Waals surface area (Å²) in [6, 6.07) is 46.5. The topological polar surface area (TPSA) is 12.0 Å². The van der Waals surface area contributed by atoms with Crippen LogP contribution in [0.4, 0.5) is 11.4 Å². The summed E-state index contributed by atoms with van der Waals surface area (Å²) >= 11 is 0. The molecule has 0 atom stereocenters. The lowest BCUT2D eigenvalue weighted by molar-refractivity contribution is 1.47. The van der Waals surface area contributed by atoms with Gasteiger partial charge in [0.05, 0.1) is 0 Å². The van der Waals surface area contributed by atoms with Crippen LogP contribution in [0.25, 0.3) is 27.8 Å². The molecule has 0 amide bonds. The number of allylic oxidation sites excluding steroid dienone is 4. The molecule has 5 rings (SSSR count). The molecule has 0 heterocycles. The number of hydrogen-bond acceptors (Lipinski definition) is 1. The predicted octanol–water partition coefficient (Wildman–Crippen LogP) is 11.8. The van der Waals surface area contributed by atoms with Crippen molar-refractivity contribution < 1.29 is 0 Å². The Hall–Kier alpha value is -4.62. The third-order valence-corrected chi connectivity index (χ3v) is 6.31. The lowest BCUT2D eigenvalue weighted by atomic mass is 10.0. The van der Waals surface area contributed by atoms with Crippen molar-refractivity contribution in [2.75, 3.05) is 5.32 Å². The van der Waals surface area contributed by atoms with E-state index in [9.17, 15) is 0 Å². The van der Waals surface area contributed by atoms with E-state index in [1.807, 2.05) is 32.9 Å². The Morgan fingerprint density at radius 2 is 0.900 bits per heavy atom.